The number of rotatable bonds is 13. The number of methoxy groups -OCH3 is 2. The molecule has 1 saturated heterocycles. The molecular weight excluding hydrogens is 516 g/mol. The number of phenolic OH excluding ortho intramolecular Hbond substituents is 1. The highest BCUT2D eigenvalue weighted by Crippen LogP contribution is 2.32. The summed E-state index contributed by atoms with van der Waals surface area (Å²) < 4.78 is 21.0. The monoisotopic (exact) mass is 548 g/mol. The van der Waals surface area contributed by atoms with Crippen LogP contribution in [0.1, 0.15) is 30.4 Å². The number of ether oxygens (including phenoxy) is 4. The smallest absolute Gasteiger partial charge is 0.335 e. The van der Waals surface area contributed by atoms with Crippen molar-refractivity contribution in [2.75, 3.05) is 14.2 Å². The molecule has 0 bridgehead atoms. The van der Waals surface area contributed by atoms with Gasteiger partial charge in [-0.05, 0) is 48.2 Å². The lowest BCUT2D eigenvalue weighted by molar-refractivity contribution is -0.271. The number of phenols is 1. The molecule has 5 N–H and O–H groups in total. The van der Waals surface area contributed by atoms with E-state index in [1.165, 1.54) is 26.4 Å². The van der Waals surface area contributed by atoms with Gasteiger partial charge in [-0.25, -0.2) is 4.79 Å². The molecule has 1 aliphatic rings. The Morgan fingerprint density at radius 3 is 1.92 bits per heavy atom. The molecule has 212 valence electrons. The van der Waals surface area contributed by atoms with Gasteiger partial charge in [-0.1, -0.05) is 12.1 Å². The highest BCUT2D eigenvalue weighted by Gasteiger charge is 2.48. The van der Waals surface area contributed by atoms with Crippen LogP contribution in [-0.2, 0) is 32.0 Å². The van der Waals surface area contributed by atoms with Gasteiger partial charge in [0.15, 0.2) is 29.1 Å². The average Bonchev–Trinajstić information content (AvgIpc) is 2.91. The van der Waals surface area contributed by atoms with Gasteiger partial charge in [-0.15, -0.1) is 0 Å². The fourth-order valence-corrected chi connectivity index (χ4v) is 4.08. The van der Waals surface area contributed by atoms with Gasteiger partial charge in [0, 0.05) is 12.8 Å². The molecular formula is C27H32O12. The van der Waals surface area contributed by atoms with Gasteiger partial charge in [0.05, 0.1) is 20.6 Å². The maximum atomic E-state index is 12.4. The van der Waals surface area contributed by atoms with E-state index in [1.54, 1.807) is 24.3 Å². The lowest BCUT2D eigenvalue weighted by Crippen LogP contribution is -2.61. The lowest BCUT2D eigenvalue weighted by Gasteiger charge is -2.38. The second kappa shape index (κ2) is 13.4. The Morgan fingerprint density at radius 1 is 0.795 bits per heavy atom. The normalized spacial score (nSPS) is 22.6. The molecule has 0 amide bonds. The van der Waals surface area contributed by atoms with E-state index in [4.69, 9.17) is 18.9 Å². The average molecular weight is 549 g/mol. The van der Waals surface area contributed by atoms with Crippen LogP contribution < -0.4 is 14.2 Å². The van der Waals surface area contributed by atoms with E-state index in [9.17, 15) is 39.9 Å². The summed E-state index contributed by atoms with van der Waals surface area (Å²) in [6, 6.07) is 9.49. The number of carboxylic acids is 1. The molecule has 0 radical (unpaired) electrons. The summed E-state index contributed by atoms with van der Waals surface area (Å²) in [6.45, 7) is 0. The summed E-state index contributed by atoms with van der Waals surface area (Å²) >= 11 is 0. The molecule has 2 aromatic carbocycles. The Kier molecular flexibility index (Phi) is 10.2. The van der Waals surface area contributed by atoms with Crippen LogP contribution in [0.25, 0.3) is 0 Å². The number of aliphatic hydroxyl groups excluding tert-OH is 3. The number of aromatic hydroxyl groups is 1. The second-order valence-electron chi connectivity index (χ2n) is 9.10. The second-order valence-corrected chi connectivity index (χ2v) is 9.10. The van der Waals surface area contributed by atoms with Crippen molar-refractivity contribution in [2.24, 2.45) is 0 Å². The first kappa shape index (κ1) is 29.8. The molecule has 12 nitrogen and oxygen atoms in total. The van der Waals surface area contributed by atoms with Crippen LogP contribution in [0, 0.1) is 0 Å². The SMILES string of the molecule is COc1cc(CCC(=O)CC(=O)CCc2ccc(OC3OC(C(=O)O)C(O)C(O)C3O)c(OC)c2)ccc1O. The number of carboxylic acid groups (broad SMARTS) is 1. The van der Waals surface area contributed by atoms with Gasteiger partial charge >= 0.3 is 5.97 Å². The third-order valence-electron chi connectivity index (χ3n) is 6.31. The molecule has 5 atom stereocenters. The quantitative estimate of drug-likeness (QED) is 0.222. The fraction of sp³-hybridized carbons (Fsp3) is 0.444. The fourth-order valence-electron chi connectivity index (χ4n) is 4.08. The van der Waals surface area contributed by atoms with Crippen molar-refractivity contribution in [3.05, 3.63) is 47.5 Å². The van der Waals surface area contributed by atoms with E-state index in [0.29, 0.717) is 24.2 Å². The number of hydrogen-bond donors (Lipinski definition) is 5. The summed E-state index contributed by atoms with van der Waals surface area (Å²) in [5, 5.41) is 48.8. The molecule has 12 heteroatoms. The molecule has 0 saturated carbocycles. The van der Waals surface area contributed by atoms with Gasteiger partial charge in [0.1, 0.15) is 29.9 Å². The van der Waals surface area contributed by atoms with E-state index in [0.717, 1.165) is 5.56 Å². The Balaban J connectivity index is 1.53. The molecule has 39 heavy (non-hydrogen) atoms. The summed E-state index contributed by atoms with van der Waals surface area (Å²) in [6.07, 6.45) is -8.00. The molecule has 1 aliphatic heterocycles. The number of benzene rings is 2. The van der Waals surface area contributed by atoms with Crippen molar-refractivity contribution in [3.63, 3.8) is 0 Å². The Morgan fingerprint density at radius 2 is 1.36 bits per heavy atom. The minimum atomic E-state index is -1.85. The van der Waals surface area contributed by atoms with E-state index in [-0.39, 0.29) is 48.1 Å². The summed E-state index contributed by atoms with van der Waals surface area (Å²) in [5.74, 6) is -1.38. The highest BCUT2D eigenvalue weighted by molar-refractivity contribution is 5.99. The van der Waals surface area contributed by atoms with E-state index in [2.05, 4.69) is 0 Å². The number of aliphatic hydroxyl groups is 3. The van der Waals surface area contributed by atoms with E-state index in [1.807, 2.05) is 0 Å². The molecule has 1 heterocycles. The number of carbonyl (C=O) groups is 3. The molecule has 0 aliphatic carbocycles. The molecule has 2 aromatic rings. The largest absolute Gasteiger partial charge is 0.504 e. The first-order valence-corrected chi connectivity index (χ1v) is 12.2. The van der Waals surface area contributed by atoms with E-state index < -0.39 is 36.7 Å². The molecule has 0 spiro atoms. The first-order chi connectivity index (χ1) is 18.5. The van der Waals surface area contributed by atoms with Crippen LogP contribution >= 0.6 is 0 Å². The van der Waals surface area contributed by atoms with Gasteiger partial charge in [0.2, 0.25) is 6.29 Å². The van der Waals surface area contributed by atoms with Crippen molar-refractivity contribution in [1.82, 2.24) is 0 Å². The zero-order chi connectivity index (χ0) is 28.7. The maximum Gasteiger partial charge on any atom is 0.335 e. The zero-order valence-corrected chi connectivity index (χ0v) is 21.5. The highest BCUT2D eigenvalue weighted by atomic mass is 16.7. The van der Waals surface area contributed by atoms with Crippen molar-refractivity contribution in [3.8, 4) is 23.0 Å². The summed E-state index contributed by atoms with van der Waals surface area (Å²) in [4.78, 5) is 36.0. The van der Waals surface area contributed by atoms with Crippen LogP contribution in [0.5, 0.6) is 23.0 Å². The minimum Gasteiger partial charge on any atom is -0.504 e. The number of carbonyl (C=O) groups excluding carboxylic acids is 2. The Labute approximate surface area is 224 Å². The van der Waals surface area contributed by atoms with Crippen LogP contribution in [0.4, 0.5) is 0 Å². The number of ketones is 2. The Hall–Kier alpha value is -3.71. The maximum absolute atomic E-state index is 12.4. The summed E-state index contributed by atoms with van der Waals surface area (Å²) in [5.41, 5.74) is 1.50. The molecule has 5 unspecified atom stereocenters. The number of aryl methyl sites for hydroxylation is 2. The van der Waals surface area contributed by atoms with E-state index >= 15 is 0 Å². The van der Waals surface area contributed by atoms with Crippen molar-refractivity contribution < 1.29 is 58.9 Å². The third-order valence-corrected chi connectivity index (χ3v) is 6.31. The lowest BCUT2D eigenvalue weighted by atomic mass is 9.99. The van der Waals surface area contributed by atoms with Crippen LogP contribution in [-0.4, -0.2) is 88.0 Å². The third kappa shape index (κ3) is 7.67. The van der Waals surface area contributed by atoms with Gasteiger partial charge in [-0.3, -0.25) is 9.59 Å². The Bertz CT molecular complexity index is 1180. The number of aliphatic carboxylic acids is 1. The van der Waals surface area contributed by atoms with Crippen molar-refractivity contribution in [1.29, 1.82) is 0 Å². The van der Waals surface area contributed by atoms with Gasteiger partial charge in [-0.2, -0.15) is 0 Å². The molecule has 1 fully saturated rings. The topological polar surface area (TPSA) is 189 Å². The van der Waals surface area contributed by atoms with Crippen molar-refractivity contribution in [2.45, 2.75) is 62.8 Å². The number of Topliss-reactive ketones (excluding diaryl/α,β-unsaturated/α-hetero) is 2. The molecule has 3 rings (SSSR count). The predicted molar refractivity (Wildman–Crippen MR) is 134 cm³/mol. The van der Waals surface area contributed by atoms with Crippen LogP contribution in [0.15, 0.2) is 36.4 Å². The van der Waals surface area contributed by atoms with Crippen LogP contribution in [0.3, 0.4) is 0 Å². The van der Waals surface area contributed by atoms with Crippen molar-refractivity contribution >= 4 is 17.5 Å². The summed E-state index contributed by atoms with van der Waals surface area (Å²) in [7, 11) is 2.79. The van der Waals surface area contributed by atoms with Crippen LogP contribution in [0.2, 0.25) is 0 Å². The standard InChI is InChI=1S/C27H32O12/c1-36-20-11-14(5-9-18(20)30)3-7-16(28)13-17(29)8-4-15-6-10-19(21(12-15)37-2)38-27-24(33)22(31)23(32)25(39-27)26(34)35/h5-6,9-12,22-25,27,30-33H,3-4,7-8,13H2,1-2H3,(H,34,35). The minimum absolute atomic E-state index is 0.00403. The molecule has 0 aromatic heterocycles. The number of hydrogen-bond acceptors (Lipinski definition) is 11. The predicted octanol–water partition coefficient (Wildman–Crippen LogP) is 0.774. The zero-order valence-electron chi connectivity index (χ0n) is 21.5. The van der Waals surface area contributed by atoms with Gasteiger partial charge < -0.3 is 44.5 Å². The van der Waals surface area contributed by atoms with Gasteiger partial charge in [0.25, 0.3) is 0 Å². The first-order valence-electron chi connectivity index (χ1n) is 12.2.